The summed E-state index contributed by atoms with van der Waals surface area (Å²) in [7, 11) is 0. The number of allylic oxidation sites excluding steroid dienone is 3. The van der Waals surface area contributed by atoms with Gasteiger partial charge in [0.15, 0.2) is 5.78 Å². The molecule has 1 aromatic heterocycles. The van der Waals surface area contributed by atoms with Crippen LogP contribution in [-0.2, 0) is 0 Å². The summed E-state index contributed by atoms with van der Waals surface area (Å²) in [6, 6.07) is 3.51. The topological polar surface area (TPSA) is 29.4 Å². The number of aliphatic imine (C=N–C) groups is 1. The number of hydrogen-bond acceptors (Lipinski definition) is 3. The van der Waals surface area contributed by atoms with Gasteiger partial charge in [-0.3, -0.25) is 9.79 Å². The highest BCUT2D eigenvalue weighted by atomic mass is 35.5. The van der Waals surface area contributed by atoms with E-state index in [0.29, 0.717) is 21.5 Å². The fourth-order valence-electron chi connectivity index (χ4n) is 1.55. The predicted molar refractivity (Wildman–Crippen MR) is 97.7 cm³/mol. The van der Waals surface area contributed by atoms with Crippen molar-refractivity contribution >= 4 is 46.5 Å². The minimum atomic E-state index is 0.0990. The first-order valence-electron chi connectivity index (χ1n) is 7.13. The minimum Gasteiger partial charge on any atom is -0.293 e. The van der Waals surface area contributed by atoms with Crippen LogP contribution in [0, 0.1) is 0 Å². The number of nitrogens with zero attached hydrogens (tertiary/aromatic N) is 1. The van der Waals surface area contributed by atoms with Gasteiger partial charge in [0.25, 0.3) is 0 Å². The predicted octanol–water partition coefficient (Wildman–Crippen LogP) is 6.07. The van der Waals surface area contributed by atoms with Crippen molar-refractivity contribution in [3.8, 4) is 0 Å². The summed E-state index contributed by atoms with van der Waals surface area (Å²) < 4.78 is 0.644. The van der Waals surface area contributed by atoms with E-state index in [4.69, 9.17) is 23.2 Å². The Morgan fingerprint density at radius 2 is 2.18 bits per heavy atom. The normalized spacial score (nSPS) is 11.0. The molecule has 5 heteroatoms. The Hall–Kier alpha value is -1.12. The molecule has 2 nitrogen and oxygen atoms in total. The van der Waals surface area contributed by atoms with Gasteiger partial charge in [-0.1, -0.05) is 30.7 Å². The highest BCUT2D eigenvalue weighted by Crippen LogP contribution is 2.22. The summed E-state index contributed by atoms with van der Waals surface area (Å²) >= 11 is 12.9. The van der Waals surface area contributed by atoms with Crippen LogP contribution in [0.3, 0.4) is 0 Å². The number of Topliss-reactive ketones (excluding diaryl/α,β-unsaturated/α-hetero) is 1. The lowest BCUT2D eigenvalue weighted by molar-refractivity contribution is 0.0999. The molecule has 0 spiro atoms. The number of carbonyl (C=O) groups excluding carboxylic acids is 1. The Kier molecular flexibility index (Phi) is 9.85. The van der Waals surface area contributed by atoms with Gasteiger partial charge in [0, 0.05) is 12.6 Å². The Balaban J connectivity index is 2.33. The fourth-order valence-corrected chi connectivity index (χ4v) is 2.69. The van der Waals surface area contributed by atoms with Crippen molar-refractivity contribution in [2.45, 2.75) is 32.6 Å². The number of ketones is 1. The summed E-state index contributed by atoms with van der Waals surface area (Å²) in [6.07, 6.45) is 10.6. The third-order valence-corrected chi connectivity index (χ3v) is 4.15. The monoisotopic (exact) mass is 355 g/mol. The van der Waals surface area contributed by atoms with Crippen LogP contribution in [0.25, 0.3) is 0 Å². The quantitative estimate of drug-likeness (QED) is 0.132. The van der Waals surface area contributed by atoms with Crippen molar-refractivity contribution in [1.29, 1.82) is 0 Å². The second-order valence-corrected chi connectivity index (χ2v) is 6.41. The van der Waals surface area contributed by atoms with Crippen LogP contribution in [0.4, 0.5) is 0 Å². The van der Waals surface area contributed by atoms with E-state index < -0.39 is 0 Å². The first kappa shape index (κ1) is 18.9. The van der Waals surface area contributed by atoms with Crippen LogP contribution >= 0.6 is 34.5 Å². The number of thiophene rings is 1. The summed E-state index contributed by atoms with van der Waals surface area (Å²) in [5.41, 5.74) is 3.83. The molecule has 0 bridgehead atoms. The lowest BCUT2D eigenvalue weighted by Crippen LogP contribution is -1.92. The van der Waals surface area contributed by atoms with E-state index in [1.165, 1.54) is 11.3 Å². The molecule has 0 N–H and O–H groups in total. The smallest absolute Gasteiger partial charge is 0.176 e. The van der Waals surface area contributed by atoms with E-state index in [0.717, 1.165) is 25.0 Å². The Bertz CT molecular complexity index is 596. The van der Waals surface area contributed by atoms with Crippen molar-refractivity contribution in [1.82, 2.24) is 0 Å². The van der Waals surface area contributed by atoms with Gasteiger partial charge in [-0.2, -0.15) is 0 Å². The second-order valence-electron chi connectivity index (χ2n) is 4.43. The molecule has 0 saturated carbocycles. The lowest BCUT2D eigenvalue weighted by atomic mass is 10.2. The highest BCUT2D eigenvalue weighted by Gasteiger charge is 2.05. The van der Waals surface area contributed by atoms with Crippen molar-refractivity contribution < 1.29 is 4.79 Å². The molecular weight excluding hydrogens is 337 g/mol. The summed E-state index contributed by atoms with van der Waals surface area (Å²) in [5, 5.41) is 0. The largest absolute Gasteiger partial charge is 0.293 e. The van der Waals surface area contributed by atoms with Crippen LogP contribution in [0.1, 0.15) is 42.3 Å². The van der Waals surface area contributed by atoms with Crippen molar-refractivity contribution in [2.24, 2.45) is 4.99 Å². The maximum absolute atomic E-state index is 11.8. The fraction of sp³-hybridized carbons (Fsp3) is 0.353. The number of hydrogen-bond donors (Lipinski definition) is 0. The summed E-state index contributed by atoms with van der Waals surface area (Å²) in [5.74, 6) is 0.461. The van der Waals surface area contributed by atoms with Crippen LogP contribution < -0.4 is 0 Å². The molecule has 1 aromatic rings. The van der Waals surface area contributed by atoms with Gasteiger partial charge in [0.05, 0.1) is 20.8 Å². The number of alkyl halides is 1. The van der Waals surface area contributed by atoms with Crippen LogP contribution in [-0.4, -0.2) is 17.9 Å². The van der Waals surface area contributed by atoms with E-state index in [2.05, 4.69) is 10.7 Å². The third-order valence-electron chi connectivity index (χ3n) is 2.62. The van der Waals surface area contributed by atoms with Crippen LogP contribution in [0.2, 0.25) is 4.34 Å². The first-order valence-corrected chi connectivity index (χ1v) is 8.86. The number of carbonyl (C=O) groups is 1. The molecule has 1 heterocycles. The Labute approximate surface area is 145 Å². The molecule has 0 aromatic carbocycles. The zero-order valence-electron chi connectivity index (χ0n) is 12.5. The number of unbranched alkanes of at least 4 members (excludes halogenated alkanes) is 1. The van der Waals surface area contributed by atoms with E-state index in [-0.39, 0.29) is 5.78 Å². The standard InChI is InChI=1S/C17H19Cl2NOS/c1-2-12-20-14(13-18)8-6-4-3-5-7-9-15(21)16-10-11-17(19)22-16/h5-7,10-12H,2-4,9,13H2,1H3/b7-5+,20-12+. The average Bonchev–Trinajstić information content (AvgIpc) is 2.95. The van der Waals surface area contributed by atoms with E-state index in [1.54, 1.807) is 12.1 Å². The van der Waals surface area contributed by atoms with Crippen LogP contribution in [0.5, 0.6) is 0 Å². The molecular formula is C17H19Cl2NOS. The van der Waals surface area contributed by atoms with Crippen molar-refractivity contribution in [3.05, 3.63) is 51.0 Å². The number of halogens is 2. The van der Waals surface area contributed by atoms with Crippen molar-refractivity contribution in [2.75, 3.05) is 5.88 Å². The van der Waals surface area contributed by atoms with Gasteiger partial charge in [0.1, 0.15) is 0 Å². The Morgan fingerprint density at radius 3 is 2.82 bits per heavy atom. The van der Waals surface area contributed by atoms with Gasteiger partial charge in [-0.15, -0.1) is 28.7 Å². The van der Waals surface area contributed by atoms with Gasteiger partial charge in [-0.25, -0.2) is 0 Å². The molecule has 0 fully saturated rings. The van der Waals surface area contributed by atoms with Gasteiger partial charge in [-0.05, 0) is 37.5 Å². The van der Waals surface area contributed by atoms with Gasteiger partial charge >= 0.3 is 0 Å². The zero-order valence-corrected chi connectivity index (χ0v) is 14.8. The summed E-state index contributed by atoms with van der Waals surface area (Å²) in [4.78, 5) is 16.7. The molecule has 0 aliphatic rings. The van der Waals surface area contributed by atoms with Crippen LogP contribution in [0.15, 0.2) is 46.8 Å². The van der Waals surface area contributed by atoms with Gasteiger partial charge in [0.2, 0.25) is 0 Å². The summed E-state index contributed by atoms with van der Waals surface area (Å²) in [6.45, 7) is 2.02. The zero-order chi connectivity index (χ0) is 16.2. The lowest BCUT2D eigenvalue weighted by Gasteiger charge is -1.91. The molecule has 118 valence electrons. The minimum absolute atomic E-state index is 0.0990. The molecule has 0 aliphatic carbocycles. The highest BCUT2D eigenvalue weighted by molar-refractivity contribution is 7.18. The average molecular weight is 356 g/mol. The second kappa shape index (κ2) is 11.4. The van der Waals surface area contributed by atoms with Gasteiger partial charge < -0.3 is 0 Å². The SMILES string of the molecule is CC/C=N/C(=C=CCC/C=C/CC(=O)c1ccc(Cl)s1)CCl. The first-order chi connectivity index (χ1) is 10.7. The number of rotatable bonds is 9. The molecule has 0 amide bonds. The van der Waals surface area contributed by atoms with E-state index in [1.807, 2.05) is 31.4 Å². The van der Waals surface area contributed by atoms with E-state index >= 15 is 0 Å². The molecule has 0 unspecified atom stereocenters. The molecule has 22 heavy (non-hydrogen) atoms. The van der Waals surface area contributed by atoms with Crippen molar-refractivity contribution in [3.63, 3.8) is 0 Å². The molecule has 0 atom stereocenters. The molecule has 0 radical (unpaired) electrons. The molecule has 0 aliphatic heterocycles. The molecule has 1 rings (SSSR count). The third kappa shape index (κ3) is 7.77. The van der Waals surface area contributed by atoms with E-state index in [9.17, 15) is 4.79 Å². The maximum atomic E-state index is 11.8. The maximum Gasteiger partial charge on any atom is 0.176 e. The molecule has 0 saturated heterocycles. The Morgan fingerprint density at radius 1 is 1.36 bits per heavy atom.